The second-order valence-electron chi connectivity index (χ2n) is 10.1. The summed E-state index contributed by atoms with van der Waals surface area (Å²) in [4.78, 5) is 64.3. The van der Waals surface area contributed by atoms with E-state index < -0.39 is 35.1 Å². The van der Waals surface area contributed by atoms with E-state index in [1.807, 2.05) is 30.3 Å². The average molecular weight is 646 g/mol. The van der Waals surface area contributed by atoms with Crippen molar-refractivity contribution in [2.45, 2.75) is 19.1 Å². The van der Waals surface area contributed by atoms with Crippen LogP contribution in [0.15, 0.2) is 101 Å². The molecule has 1 aromatic heterocycles. The molecule has 10 nitrogen and oxygen atoms in total. The minimum atomic E-state index is -1.33. The highest BCUT2D eigenvalue weighted by atomic mass is 35.5. The van der Waals surface area contributed by atoms with Crippen LogP contribution in [-0.4, -0.2) is 38.1 Å². The van der Waals surface area contributed by atoms with Gasteiger partial charge in [0.05, 0.1) is 37.8 Å². The van der Waals surface area contributed by atoms with E-state index in [9.17, 15) is 29.1 Å². The van der Waals surface area contributed by atoms with E-state index in [0.29, 0.717) is 11.1 Å². The average Bonchev–Trinajstić information content (AvgIpc) is 3.03. The molecule has 45 heavy (non-hydrogen) atoms. The molecule has 0 saturated heterocycles. The Bertz CT molecular complexity index is 2040. The molecule has 1 heterocycles. The third kappa shape index (κ3) is 6.67. The number of benzene rings is 4. The monoisotopic (exact) mass is 645 g/mol. The lowest BCUT2D eigenvalue weighted by Gasteiger charge is -2.16. The number of esters is 1. The van der Waals surface area contributed by atoms with Gasteiger partial charge >= 0.3 is 17.6 Å². The van der Waals surface area contributed by atoms with Gasteiger partial charge in [0.1, 0.15) is 12.6 Å². The summed E-state index contributed by atoms with van der Waals surface area (Å²) < 4.78 is 7.65. The number of nitrogens with zero attached hydrogens (tertiary/aromatic N) is 2. The number of carboxylic acids is 1. The molecular weight excluding hydrogens is 621 g/mol. The Morgan fingerprint density at radius 1 is 0.867 bits per heavy atom. The molecule has 0 spiro atoms. The van der Waals surface area contributed by atoms with Crippen LogP contribution in [0.2, 0.25) is 10.0 Å². The number of aromatic nitrogens is 2. The summed E-state index contributed by atoms with van der Waals surface area (Å²) in [5.41, 5.74) is 0.709. The Kier molecular flexibility index (Phi) is 9.17. The molecule has 4 aromatic carbocycles. The minimum absolute atomic E-state index is 0.0402. The topological polar surface area (TPSA) is 137 Å². The molecule has 12 heteroatoms. The summed E-state index contributed by atoms with van der Waals surface area (Å²) in [6.45, 7) is 0.0573. The number of carboxylic acid groups (broad SMARTS) is 1. The minimum Gasteiger partial charge on any atom is -0.480 e. The van der Waals surface area contributed by atoms with Crippen LogP contribution < -0.4 is 16.6 Å². The van der Waals surface area contributed by atoms with E-state index >= 15 is 0 Å². The van der Waals surface area contributed by atoms with Gasteiger partial charge < -0.3 is 15.2 Å². The lowest BCUT2D eigenvalue weighted by Crippen LogP contribution is -2.42. The van der Waals surface area contributed by atoms with Crippen molar-refractivity contribution < 1.29 is 24.2 Å². The zero-order chi connectivity index (χ0) is 32.2. The van der Waals surface area contributed by atoms with Crippen molar-refractivity contribution in [3.63, 3.8) is 0 Å². The van der Waals surface area contributed by atoms with E-state index in [-0.39, 0.29) is 45.3 Å². The standard InChI is InChI=1S/C33H25Cl2N3O7/c1-37-27-15-12-21(32(43)45-18-20-6-3-2-4-7-20)17-23(27)30(40)38(33(37)44)22-13-10-19(11-14-22)16-26(31(41)42)36-29(39)28-24(34)8-5-9-25(28)35/h2-15,17,26H,16,18H2,1H3,(H,36,39)(H,41,42)/t26-/m0/s1. The molecule has 2 N–H and O–H groups in total. The largest absolute Gasteiger partial charge is 0.480 e. The predicted octanol–water partition coefficient (Wildman–Crippen LogP) is 4.78. The second kappa shape index (κ2) is 13.2. The number of carbonyl (C=O) groups excluding carboxylic acids is 2. The lowest BCUT2D eigenvalue weighted by molar-refractivity contribution is -0.139. The summed E-state index contributed by atoms with van der Waals surface area (Å²) in [5, 5.41) is 12.5. The number of carbonyl (C=O) groups is 3. The molecule has 5 aromatic rings. The maximum atomic E-state index is 13.6. The second-order valence-corrected chi connectivity index (χ2v) is 10.9. The Labute approximate surface area is 266 Å². The summed E-state index contributed by atoms with van der Waals surface area (Å²) in [7, 11) is 1.51. The molecular formula is C33H25Cl2N3O7. The third-order valence-corrected chi connectivity index (χ3v) is 7.78. The van der Waals surface area contributed by atoms with Gasteiger partial charge in [-0.1, -0.05) is 71.7 Å². The first-order valence-electron chi connectivity index (χ1n) is 13.6. The maximum Gasteiger partial charge on any atom is 0.338 e. The molecule has 0 unspecified atom stereocenters. The van der Waals surface area contributed by atoms with Gasteiger partial charge in [-0.15, -0.1) is 0 Å². The molecule has 1 atom stereocenters. The summed E-state index contributed by atoms with van der Waals surface area (Å²) in [6.07, 6.45) is -0.109. The van der Waals surface area contributed by atoms with Crippen LogP contribution in [0.25, 0.3) is 16.6 Å². The van der Waals surface area contributed by atoms with Gasteiger partial charge in [-0.2, -0.15) is 0 Å². The first-order chi connectivity index (χ1) is 21.5. The van der Waals surface area contributed by atoms with Crippen molar-refractivity contribution in [3.8, 4) is 5.69 Å². The van der Waals surface area contributed by atoms with Gasteiger partial charge in [-0.25, -0.2) is 19.0 Å². The summed E-state index contributed by atoms with van der Waals surface area (Å²) >= 11 is 12.2. The van der Waals surface area contributed by atoms with Crippen LogP contribution in [0.1, 0.15) is 31.8 Å². The van der Waals surface area contributed by atoms with Crippen LogP contribution in [0.5, 0.6) is 0 Å². The Morgan fingerprint density at radius 2 is 1.53 bits per heavy atom. The number of nitrogens with one attached hydrogen (secondary N) is 1. The van der Waals surface area contributed by atoms with Crippen molar-refractivity contribution in [3.05, 3.63) is 144 Å². The van der Waals surface area contributed by atoms with E-state index in [1.165, 1.54) is 54.1 Å². The van der Waals surface area contributed by atoms with Crippen molar-refractivity contribution in [2.24, 2.45) is 7.05 Å². The number of fused-ring (bicyclic) bond motifs is 1. The Morgan fingerprint density at radius 3 is 2.18 bits per heavy atom. The first-order valence-corrected chi connectivity index (χ1v) is 14.3. The number of hydrogen-bond acceptors (Lipinski definition) is 6. The first kappa shape index (κ1) is 31.2. The highest BCUT2D eigenvalue weighted by Crippen LogP contribution is 2.24. The fraction of sp³-hybridized carbons (Fsp3) is 0.121. The van der Waals surface area contributed by atoms with E-state index in [1.54, 1.807) is 18.2 Å². The van der Waals surface area contributed by atoms with Crippen molar-refractivity contribution in [1.29, 1.82) is 0 Å². The number of rotatable bonds is 9. The quantitative estimate of drug-likeness (QED) is 0.220. The Hall–Kier alpha value is -5.19. The van der Waals surface area contributed by atoms with Crippen LogP contribution in [0, 0.1) is 0 Å². The molecule has 0 aliphatic rings. The Balaban J connectivity index is 1.40. The number of ether oxygens (including phenoxy) is 1. The van der Waals surface area contributed by atoms with E-state index in [4.69, 9.17) is 27.9 Å². The zero-order valence-electron chi connectivity index (χ0n) is 23.7. The van der Waals surface area contributed by atoms with Gasteiger partial charge in [-0.3, -0.25) is 14.2 Å². The van der Waals surface area contributed by atoms with Gasteiger partial charge in [0, 0.05) is 13.5 Å². The fourth-order valence-corrected chi connectivity index (χ4v) is 5.35. The van der Waals surface area contributed by atoms with Crippen LogP contribution in [0.3, 0.4) is 0 Å². The third-order valence-electron chi connectivity index (χ3n) is 7.15. The van der Waals surface area contributed by atoms with E-state index in [2.05, 4.69) is 5.32 Å². The van der Waals surface area contributed by atoms with Gasteiger partial charge in [0.2, 0.25) is 0 Å². The van der Waals surface area contributed by atoms with Crippen molar-refractivity contribution in [2.75, 3.05) is 0 Å². The number of amides is 1. The fourth-order valence-electron chi connectivity index (χ4n) is 4.78. The number of aryl methyl sites for hydroxylation is 1. The molecule has 0 aliphatic carbocycles. The highest BCUT2D eigenvalue weighted by Gasteiger charge is 2.24. The zero-order valence-corrected chi connectivity index (χ0v) is 25.2. The molecule has 0 aliphatic heterocycles. The molecule has 228 valence electrons. The number of aliphatic carboxylic acids is 1. The van der Waals surface area contributed by atoms with Gasteiger partial charge in [0.15, 0.2) is 0 Å². The molecule has 0 radical (unpaired) electrons. The van der Waals surface area contributed by atoms with Gasteiger partial charge in [-0.05, 0) is 53.6 Å². The number of hydrogen-bond donors (Lipinski definition) is 2. The lowest BCUT2D eigenvalue weighted by atomic mass is 10.0. The smallest absolute Gasteiger partial charge is 0.338 e. The van der Waals surface area contributed by atoms with Crippen LogP contribution >= 0.6 is 23.2 Å². The highest BCUT2D eigenvalue weighted by molar-refractivity contribution is 6.39. The summed E-state index contributed by atoms with van der Waals surface area (Å²) in [5.74, 6) is -2.65. The molecule has 1 amide bonds. The normalized spacial score (nSPS) is 11.6. The maximum absolute atomic E-state index is 13.6. The van der Waals surface area contributed by atoms with Crippen LogP contribution in [0.4, 0.5) is 0 Å². The number of halogens is 2. The van der Waals surface area contributed by atoms with Crippen molar-refractivity contribution in [1.82, 2.24) is 14.5 Å². The SMILES string of the molecule is Cn1c(=O)n(-c2ccc(C[C@H](NC(=O)c3c(Cl)cccc3Cl)C(=O)O)cc2)c(=O)c2cc(C(=O)OCc3ccccc3)ccc21. The molecule has 0 fully saturated rings. The predicted molar refractivity (Wildman–Crippen MR) is 169 cm³/mol. The molecule has 5 rings (SSSR count). The van der Waals surface area contributed by atoms with Gasteiger partial charge in [0.25, 0.3) is 11.5 Å². The van der Waals surface area contributed by atoms with Crippen LogP contribution in [-0.2, 0) is 29.6 Å². The summed E-state index contributed by atoms with van der Waals surface area (Å²) in [6, 6.07) is 22.8. The van der Waals surface area contributed by atoms with E-state index in [0.717, 1.165) is 10.1 Å². The molecule has 0 bridgehead atoms. The molecule has 0 saturated carbocycles. The van der Waals surface area contributed by atoms with Crippen molar-refractivity contribution >= 4 is 52.0 Å².